The van der Waals surface area contributed by atoms with Crippen molar-refractivity contribution in [3.8, 4) is 0 Å². The van der Waals surface area contributed by atoms with Crippen molar-refractivity contribution in [2.75, 3.05) is 19.0 Å². The second-order valence-corrected chi connectivity index (χ2v) is 7.19. The van der Waals surface area contributed by atoms with E-state index in [1.54, 1.807) is 0 Å². The van der Waals surface area contributed by atoms with Crippen molar-refractivity contribution < 1.29 is 32.6 Å². The Labute approximate surface area is 125 Å². The third-order valence-electron chi connectivity index (χ3n) is 3.15. The fourth-order valence-corrected chi connectivity index (χ4v) is 4.86. The minimum absolute atomic E-state index is 0.0441. The van der Waals surface area contributed by atoms with Crippen molar-refractivity contribution >= 4 is 39.1 Å². The lowest BCUT2D eigenvalue weighted by molar-refractivity contribution is -0.141. The lowest BCUT2D eigenvalue weighted by atomic mass is 10.0. The number of halogens is 1. The number of aliphatic hydroxyl groups is 1. The van der Waals surface area contributed by atoms with Crippen molar-refractivity contribution in [3.63, 3.8) is 0 Å². The Morgan fingerprint density at radius 3 is 2.62 bits per heavy atom. The van der Waals surface area contributed by atoms with E-state index in [-0.39, 0.29) is 11.3 Å². The maximum atomic E-state index is 12.1. The van der Waals surface area contributed by atoms with Gasteiger partial charge in [0.15, 0.2) is 15.2 Å². The molecule has 0 unspecified atom stereocenters. The number of aliphatic hydroxyl groups excluding tert-OH is 1. The first-order valence-electron chi connectivity index (χ1n) is 5.89. The van der Waals surface area contributed by atoms with Crippen LogP contribution in [-0.4, -0.2) is 65.8 Å². The Morgan fingerprint density at radius 2 is 2.10 bits per heavy atom. The van der Waals surface area contributed by atoms with Gasteiger partial charge >= 0.3 is 5.97 Å². The Bertz CT molecular complexity index is 653. The molecular formula is C11H12ClNO7S. The fraction of sp³-hybridized carbons (Fsp3) is 0.545. The van der Waals surface area contributed by atoms with Crippen LogP contribution in [0.4, 0.5) is 0 Å². The van der Waals surface area contributed by atoms with Gasteiger partial charge in [0, 0.05) is 12.5 Å². The van der Waals surface area contributed by atoms with Crippen LogP contribution in [0.5, 0.6) is 0 Å². The smallest absolute Gasteiger partial charge is 0.302 e. The van der Waals surface area contributed by atoms with Gasteiger partial charge in [-0.3, -0.25) is 19.3 Å². The molecule has 10 heteroatoms. The number of hydrogen-bond donors (Lipinski definition) is 1. The summed E-state index contributed by atoms with van der Waals surface area (Å²) in [6, 6.07) is 0. The van der Waals surface area contributed by atoms with E-state index in [9.17, 15) is 22.8 Å². The van der Waals surface area contributed by atoms with Gasteiger partial charge in [-0.25, -0.2) is 8.42 Å². The molecule has 0 bridgehead atoms. The third-order valence-corrected chi connectivity index (χ3v) is 5.70. The van der Waals surface area contributed by atoms with Gasteiger partial charge in [-0.15, -0.1) is 11.6 Å². The van der Waals surface area contributed by atoms with E-state index in [1.165, 1.54) is 0 Å². The summed E-state index contributed by atoms with van der Waals surface area (Å²) >= 11 is 5.69. The fourth-order valence-electron chi connectivity index (χ4n) is 2.28. The molecule has 0 aromatic carbocycles. The van der Waals surface area contributed by atoms with E-state index in [1.807, 2.05) is 0 Å². The molecule has 1 fully saturated rings. The molecule has 2 rings (SSSR count). The van der Waals surface area contributed by atoms with Crippen LogP contribution in [0.3, 0.4) is 0 Å². The second-order valence-electron chi connectivity index (χ2n) is 4.62. The first kappa shape index (κ1) is 15.9. The minimum Gasteiger partial charge on any atom is -0.461 e. The molecule has 1 N–H and O–H groups in total. The van der Waals surface area contributed by atoms with Gasteiger partial charge in [-0.05, 0) is 0 Å². The summed E-state index contributed by atoms with van der Waals surface area (Å²) in [6.45, 7) is -0.223. The van der Waals surface area contributed by atoms with Crippen molar-refractivity contribution in [2.24, 2.45) is 0 Å². The van der Waals surface area contributed by atoms with E-state index in [2.05, 4.69) is 0 Å². The average Bonchev–Trinajstić information content (AvgIpc) is 2.41. The van der Waals surface area contributed by atoms with E-state index in [0.717, 1.165) is 11.8 Å². The van der Waals surface area contributed by atoms with Gasteiger partial charge in [0.25, 0.3) is 0 Å². The largest absolute Gasteiger partial charge is 0.461 e. The molecule has 0 saturated carbocycles. The summed E-state index contributed by atoms with van der Waals surface area (Å²) in [7, 11) is -3.79. The topological polar surface area (TPSA) is 118 Å². The molecule has 0 aromatic heterocycles. The Kier molecular flexibility index (Phi) is 4.09. The number of amides is 1. The van der Waals surface area contributed by atoms with Gasteiger partial charge < -0.3 is 9.84 Å². The Morgan fingerprint density at radius 1 is 1.48 bits per heavy atom. The van der Waals surface area contributed by atoms with Crippen LogP contribution < -0.4 is 0 Å². The molecule has 1 amide bonds. The highest BCUT2D eigenvalue weighted by molar-refractivity contribution is 7.92. The predicted octanol–water partition coefficient (Wildman–Crippen LogP) is -1.43. The van der Waals surface area contributed by atoms with Crippen molar-refractivity contribution in [3.05, 3.63) is 11.3 Å². The summed E-state index contributed by atoms with van der Waals surface area (Å²) < 4.78 is 28.9. The van der Waals surface area contributed by atoms with E-state index in [4.69, 9.17) is 21.4 Å². The number of nitrogens with zero attached hydrogens (tertiary/aromatic N) is 1. The standard InChI is InChI=1S/C11H12ClNO7S/c1-5(15)20-3-6-4-21(18,19)11-8(12)10(17)13(11)9(6)7(16)2-14/h8,11,14H,2-4H2,1H3/t8-,11-/m0/s1. The van der Waals surface area contributed by atoms with E-state index < -0.39 is 57.2 Å². The number of fused-ring (bicyclic) bond motifs is 1. The number of alkyl halides is 1. The second kappa shape index (κ2) is 5.39. The Balaban J connectivity index is 2.48. The first-order valence-corrected chi connectivity index (χ1v) is 8.04. The number of rotatable bonds is 4. The van der Waals surface area contributed by atoms with Crippen LogP contribution in [0.2, 0.25) is 0 Å². The summed E-state index contributed by atoms with van der Waals surface area (Å²) in [4.78, 5) is 35.1. The van der Waals surface area contributed by atoms with Gasteiger partial charge in [0.2, 0.25) is 11.7 Å². The molecule has 1 saturated heterocycles. The number of ketones is 1. The lowest BCUT2D eigenvalue weighted by Crippen LogP contribution is -2.68. The maximum Gasteiger partial charge on any atom is 0.302 e. The highest BCUT2D eigenvalue weighted by atomic mass is 35.5. The van der Waals surface area contributed by atoms with Crippen LogP contribution >= 0.6 is 11.6 Å². The number of carbonyl (C=O) groups is 3. The van der Waals surface area contributed by atoms with Crippen molar-refractivity contribution in [1.29, 1.82) is 0 Å². The van der Waals surface area contributed by atoms with E-state index in [0.29, 0.717) is 0 Å². The summed E-state index contributed by atoms with van der Waals surface area (Å²) in [5.41, 5.74) is -0.294. The highest BCUT2D eigenvalue weighted by Gasteiger charge is 2.59. The zero-order valence-electron chi connectivity index (χ0n) is 10.9. The van der Waals surface area contributed by atoms with Crippen LogP contribution in [0.1, 0.15) is 6.92 Å². The van der Waals surface area contributed by atoms with Gasteiger partial charge in [-0.2, -0.15) is 0 Å². The molecule has 8 nitrogen and oxygen atoms in total. The van der Waals surface area contributed by atoms with Crippen LogP contribution in [0.25, 0.3) is 0 Å². The zero-order chi connectivity index (χ0) is 15.9. The SMILES string of the molecule is CC(=O)OCC1=C(C(=O)CO)N2C(=O)[C@H](Cl)[C@@H]2S(=O)(=O)C1. The molecule has 0 aliphatic carbocycles. The molecular weight excluding hydrogens is 326 g/mol. The molecule has 2 aliphatic heterocycles. The number of Topliss-reactive ketones (excluding diaryl/α,β-unsaturated/α-hetero) is 1. The number of ether oxygens (including phenoxy) is 1. The average molecular weight is 338 g/mol. The van der Waals surface area contributed by atoms with Crippen LogP contribution in [0.15, 0.2) is 11.3 Å². The number of hydrogen-bond acceptors (Lipinski definition) is 7. The summed E-state index contributed by atoms with van der Waals surface area (Å²) in [6.07, 6.45) is 0. The van der Waals surface area contributed by atoms with E-state index >= 15 is 0 Å². The first-order chi connectivity index (χ1) is 9.70. The molecule has 2 aliphatic rings. The summed E-state index contributed by atoms with van der Waals surface area (Å²) in [5, 5.41) is 6.40. The molecule has 2 atom stereocenters. The molecule has 116 valence electrons. The van der Waals surface area contributed by atoms with Gasteiger partial charge in [-0.1, -0.05) is 0 Å². The molecule has 21 heavy (non-hydrogen) atoms. The molecule has 0 spiro atoms. The van der Waals surface area contributed by atoms with Gasteiger partial charge in [0.1, 0.15) is 18.6 Å². The molecule has 0 aromatic rings. The van der Waals surface area contributed by atoms with Crippen molar-refractivity contribution in [1.82, 2.24) is 4.90 Å². The predicted molar refractivity (Wildman–Crippen MR) is 69.8 cm³/mol. The highest BCUT2D eigenvalue weighted by Crippen LogP contribution is 2.39. The quantitative estimate of drug-likeness (QED) is 0.379. The monoisotopic (exact) mass is 337 g/mol. The van der Waals surface area contributed by atoms with Crippen LogP contribution in [-0.2, 0) is 29.0 Å². The number of β-lactam (4-membered cyclic amide) rings is 1. The molecule has 0 radical (unpaired) electrons. The number of carbonyl (C=O) groups excluding carboxylic acids is 3. The lowest BCUT2D eigenvalue weighted by Gasteiger charge is -2.47. The van der Waals surface area contributed by atoms with Crippen LogP contribution in [0, 0.1) is 0 Å². The van der Waals surface area contributed by atoms with Gasteiger partial charge in [0.05, 0.1) is 11.4 Å². The third kappa shape index (κ3) is 2.56. The molecule has 2 heterocycles. The maximum absolute atomic E-state index is 12.1. The summed E-state index contributed by atoms with van der Waals surface area (Å²) in [5.74, 6) is -2.78. The Hall–Kier alpha value is -1.45. The number of sulfone groups is 1. The minimum atomic E-state index is -3.79. The normalized spacial score (nSPS) is 27.0. The zero-order valence-corrected chi connectivity index (χ0v) is 12.5. The number of esters is 1. The van der Waals surface area contributed by atoms with Crippen molar-refractivity contribution in [2.45, 2.75) is 17.7 Å².